The zero-order chi connectivity index (χ0) is 24.7. The molecule has 0 unspecified atom stereocenters. The van der Waals surface area contributed by atoms with Crippen LogP contribution >= 0.6 is 0 Å². The Labute approximate surface area is 199 Å². The number of amides is 1. The lowest BCUT2D eigenvalue weighted by Gasteiger charge is -2.25. The van der Waals surface area contributed by atoms with Gasteiger partial charge < -0.3 is 14.8 Å². The molecular weight excluding hydrogens is 459 g/mol. The van der Waals surface area contributed by atoms with E-state index in [4.69, 9.17) is 9.47 Å². The molecule has 0 aliphatic carbocycles. The van der Waals surface area contributed by atoms with Gasteiger partial charge in [0.25, 0.3) is 10.0 Å². The van der Waals surface area contributed by atoms with E-state index in [0.717, 1.165) is 27.8 Å². The van der Waals surface area contributed by atoms with Gasteiger partial charge in [0.15, 0.2) is 0 Å². The number of sulfonamides is 1. The van der Waals surface area contributed by atoms with Gasteiger partial charge in [-0.05, 0) is 80.1 Å². The molecule has 7 nitrogen and oxygen atoms in total. The fourth-order valence-electron chi connectivity index (χ4n) is 3.32. The predicted molar refractivity (Wildman–Crippen MR) is 128 cm³/mol. The highest BCUT2D eigenvalue weighted by atomic mass is 32.2. The van der Waals surface area contributed by atoms with E-state index < -0.39 is 28.3 Å². The number of methoxy groups -OCH3 is 1. The van der Waals surface area contributed by atoms with Crippen LogP contribution in [0.25, 0.3) is 0 Å². The first-order valence-corrected chi connectivity index (χ1v) is 12.1. The molecule has 1 N–H and O–H groups in total. The lowest BCUT2D eigenvalue weighted by atomic mass is 10.1. The number of nitrogens with one attached hydrogen (secondary N) is 1. The quantitative estimate of drug-likeness (QED) is 0.462. The summed E-state index contributed by atoms with van der Waals surface area (Å²) in [6.45, 7) is 3.76. The van der Waals surface area contributed by atoms with Gasteiger partial charge >= 0.3 is 0 Å². The SMILES string of the molecule is CCOc1ccc([C@@H](C)NC(=O)CN(c2ccc(F)cc2)S(=O)(=O)c2ccc(OC)cc2)cc1. The molecule has 3 rings (SSSR count). The Kier molecular flexibility index (Phi) is 8.12. The molecule has 0 bridgehead atoms. The fourth-order valence-corrected chi connectivity index (χ4v) is 4.74. The summed E-state index contributed by atoms with van der Waals surface area (Å²) in [4.78, 5) is 12.9. The van der Waals surface area contributed by atoms with Crippen LogP contribution in [0.3, 0.4) is 0 Å². The topological polar surface area (TPSA) is 84.9 Å². The smallest absolute Gasteiger partial charge is 0.264 e. The number of hydrogen-bond acceptors (Lipinski definition) is 5. The molecule has 3 aromatic rings. The van der Waals surface area contributed by atoms with Crippen molar-refractivity contribution in [3.05, 3.63) is 84.2 Å². The number of anilines is 1. The molecule has 9 heteroatoms. The summed E-state index contributed by atoms with van der Waals surface area (Å²) in [5, 5.41) is 2.82. The maximum absolute atomic E-state index is 13.5. The van der Waals surface area contributed by atoms with Gasteiger partial charge in [0.05, 0.1) is 30.3 Å². The molecule has 0 heterocycles. The van der Waals surface area contributed by atoms with Crippen LogP contribution in [-0.4, -0.2) is 34.6 Å². The molecule has 1 amide bonds. The van der Waals surface area contributed by atoms with Crippen molar-refractivity contribution < 1.29 is 27.1 Å². The molecule has 0 aromatic heterocycles. The minimum atomic E-state index is -4.12. The van der Waals surface area contributed by atoms with E-state index in [0.29, 0.717) is 12.4 Å². The minimum Gasteiger partial charge on any atom is -0.497 e. The summed E-state index contributed by atoms with van der Waals surface area (Å²) in [6.07, 6.45) is 0. The molecule has 0 spiro atoms. The standard InChI is InChI=1S/C25H27FN2O5S/c1-4-33-23-11-5-19(6-12-23)18(2)27-25(29)17-28(21-9-7-20(26)8-10-21)34(30,31)24-15-13-22(32-3)14-16-24/h5-16,18H,4,17H2,1-3H3,(H,27,29)/t18-/m1/s1. The Morgan fingerprint density at radius 3 is 2.12 bits per heavy atom. The van der Waals surface area contributed by atoms with Gasteiger partial charge in [-0.1, -0.05) is 12.1 Å². The van der Waals surface area contributed by atoms with Crippen molar-refractivity contribution in [1.29, 1.82) is 0 Å². The van der Waals surface area contributed by atoms with Crippen LogP contribution in [0.5, 0.6) is 11.5 Å². The van der Waals surface area contributed by atoms with Crippen molar-refractivity contribution >= 4 is 21.6 Å². The maximum Gasteiger partial charge on any atom is 0.264 e. The molecule has 0 aliphatic rings. The van der Waals surface area contributed by atoms with Crippen molar-refractivity contribution in [3.8, 4) is 11.5 Å². The first kappa shape index (κ1) is 25.0. The number of carbonyl (C=O) groups excluding carboxylic acids is 1. The van der Waals surface area contributed by atoms with Crippen LogP contribution < -0.4 is 19.1 Å². The highest BCUT2D eigenvalue weighted by Gasteiger charge is 2.28. The number of halogens is 1. The third-order valence-corrected chi connectivity index (χ3v) is 6.91. The van der Waals surface area contributed by atoms with Crippen LogP contribution in [-0.2, 0) is 14.8 Å². The van der Waals surface area contributed by atoms with E-state index in [1.165, 1.54) is 43.5 Å². The molecule has 0 fully saturated rings. The molecule has 0 saturated carbocycles. The Bertz CT molecular complexity index is 1200. The summed E-state index contributed by atoms with van der Waals surface area (Å²) in [6, 6.07) is 17.7. The lowest BCUT2D eigenvalue weighted by molar-refractivity contribution is -0.120. The summed E-state index contributed by atoms with van der Waals surface area (Å²) in [5.74, 6) is 0.189. The predicted octanol–water partition coefficient (Wildman–Crippen LogP) is 4.31. The van der Waals surface area contributed by atoms with E-state index in [1.54, 1.807) is 19.1 Å². The molecular formula is C25H27FN2O5S. The van der Waals surface area contributed by atoms with Crippen molar-refractivity contribution in [2.24, 2.45) is 0 Å². The maximum atomic E-state index is 13.5. The van der Waals surface area contributed by atoms with E-state index in [9.17, 15) is 17.6 Å². The molecule has 3 aromatic carbocycles. The normalized spacial score (nSPS) is 12.0. The summed E-state index contributed by atoms with van der Waals surface area (Å²) >= 11 is 0. The highest BCUT2D eigenvalue weighted by molar-refractivity contribution is 7.92. The zero-order valence-electron chi connectivity index (χ0n) is 19.2. The van der Waals surface area contributed by atoms with Crippen molar-refractivity contribution in [2.45, 2.75) is 24.8 Å². The second-order valence-corrected chi connectivity index (χ2v) is 9.32. The Morgan fingerprint density at radius 2 is 1.56 bits per heavy atom. The van der Waals surface area contributed by atoms with Crippen molar-refractivity contribution in [1.82, 2.24) is 5.32 Å². The number of nitrogens with zero attached hydrogens (tertiary/aromatic N) is 1. The first-order chi connectivity index (χ1) is 16.2. The molecule has 34 heavy (non-hydrogen) atoms. The summed E-state index contributed by atoms with van der Waals surface area (Å²) in [7, 11) is -2.65. The van der Waals surface area contributed by atoms with Gasteiger partial charge in [-0.3, -0.25) is 9.10 Å². The first-order valence-electron chi connectivity index (χ1n) is 10.7. The van der Waals surface area contributed by atoms with Gasteiger partial charge in [0, 0.05) is 0 Å². The van der Waals surface area contributed by atoms with Crippen molar-refractivity contribution in [2.75, 3.05) is 24.6 Å². The van der Waals surface area contributed by atoms with Crippen LogP contribution in [0.2, 0.25) is 0 Å². The van der Waals surface area contributed by atoms with Gasteiger partial charge in [0.1, 0.15) is 23.9 Å². The van der Waals surface area contributed by atoms with Crippen LogP contribution in [0.4, 0.5) is 10.1 Å². The van der Waals surface area contributed by atoms with Gasteiger partial charge in [0.2, 0.25) is 5.91 Å². The molecule has 0 radical (unpaired) electrons. The van der Waals surface area contributed by atoms with Crippen LogP contribution in [0.15, 0.2) is 77.7 Å². The lowest BCUT2D eigenvalue weighted by Crippen LogP contribution is -2.41. The molecule has 0 saturated heterocycles. The second-order valence-electron chi connectivity index (χ2n) is 7.45. The average Bonchev–Trinajstić information content (AvgIpc) is 2.84. The molecule has 180 valence electrons. The van der Waals surface area contributed by atoms with Gasteiger partial charge in [-0.25, -0.2) is 12.8 Å². The third-order valence-electron chi connectivity index (χ3n) is 5.12. The molecule has 0 aliphatic heterocycles. The largest absolute Gasteiger partial charge is 0.497 e. The van der Waals surface area contributed by atoms with E-state index in [2.05, 4.69) is 5.32 Å². The second kappa shape index (κ2) is 11.0. The van der Waals surface area contributed by atoms with Gasteiger partial charge in [-0.2, -0.15) is 0 Å². The third kappa shape index (κ3) is 6.05. The van der Waals surface area contributed by atoms with E-state index in [-0.39, 0.29) is 16.6 Å². The Morgan fingerprint density at radius 1 is 0.971 bits per heavy atom. The zero-order valence-corrected chi connectivity index (χ0v) is 20.0. The summed E-state index contributed by atoms with van der Waals surface area (Å²) < 4.78 is 51.8. The van der Waals surface area contributed by atoms with Crippen LogP contribution in [0.1, 0.15) is 25.5 Å². The Balaban J connectivity index is 1.83. The summed E-state index contributed by atoms with van der Waals surface area (Å²) in [5.41, 5.74) is 1.00. The molecule has 1 atom stereocenters. The van der Waals surface area contributed by atoms with E-state index in [1.807, 2.05) is 19.1 Å². The average molecular weight is 487 g/mol. The number of rotatable bonds is 10. The van der Waals surface area contributed by atoms with Crippen molar-refractivity contribution in [3.63, 3.8) is 0 Å². The van der Waals surface area contributed by atoms with E-state index >= 15 is 0 Å². The number of hydrogen-bond donors (Lipinski definition) is 1. The Hall–Kier alpha value is -3.59. The monoisotopic (exact) mass is 486 g/mol. The highest BCUT2D eigenvalue weighted by Crippen LogP contribution is 2.26. The van der Waals surface area contributed by atoms with Crippen LogP contribution in [0, 0.1) is 5.82 Å². The number of ether oxygens (including phenoxy) is 2. The number of carbonyl (C=O) groups is 1. The minimum absolute atomic E-state index is 0.0232. The van der Waals surface area contributed by atoms with Gasteiger partial charge in [-0.15, -0.1) is 0 Å². The fraction of sp³-hybridized carbons (Fsp3) is 0.240. The number of benzene rings is 3.